The molecule has 2 saturated carbocycles. The van der Waals surface area contributed by atoms with Crippen molar-refractivity contribution in [3.63, 3.8) is 0 Å². The van der Waals surface area contributed by atoms with Gasteiger partial charge in [-0.05, 0) is 60.2 Å². The zero-order valence-electron chi connectivity index (χ0n) is 22.7. The van der Waals surface area contributed by atoms with Gasteiger partial charge in [-0.15, -0.1) is 0 Å². The van der Waals surface area contributed by atoms with Gasteiger partial charge < -0.3 is 19.3 Å². The summed E-state index contributed by atoms with van der Waals surface area (Å²) in [4.78, 5) is 53.3. The van der Waals surface area contributed by atoms with Crippen LogP contribution in [0.25, 0.3) is 0 Å². The molecule has 4 rings (SSSR count). The molecule has 0 aromatic heterocycles. The summed E-state index contributed by atoms with van der Waals surface area (Å²) in [5.41, 5.74) is 0.593. The number of likely N-dealkylation sites (tertiary alicyclic amines) is 2. The molecule has 8 nitrogen and oxygen atoms in total. The van der Waals surface area contributed by atoms with Gasteiger partial charge in [-0.1, -0.05) is 41.5 Å². The zero-order chi connectivity index (χ0) is 26.5. The van der Waals surface area contributed by atoms with Gasteiger partial charge in [0.2, 0.25) is 0 Å². The van der Waals surface area contributed by atoms with E-state index in [-0.39, 0.29) is 58.8 Å². The predicted molar refractivity (Wildman–Crippen MR) is 134 cm³/mol. The molecule has 0 aromatic rings. The molecule has 2 heterocycles. The Bertz CT molecular complexity index is 895. The summed E-state index contributed by atoms with van der Waals surface area (Å²) in [6.45, 7) is 14.0. The minimum Gasteiger partial charge on any atom is -0.452 e. The van der Waals surface area contributed by atoms with Crippen LogP contribution in [0.2, 0.25) is 0 Å². The second kappa shape index (κ2) is 9.18. The minimum atomic E-state index is -0.788. The van der Waals surface area contributed by atoms with Crippen molar-refractivity contribution in [1.82, 2.24) is 9.80 Å². The Morgan fingerprint density at radius 2 is 1.03 bits per heavy atom. The number of hydrogen-bond acceptors (Lipinski definition) is 6. The molecule has 4 bridgehead atoms. The van der Waals surface area contributed by atoms with Crippen LogP contribution in [0.15, 0.2) is 12.2 Å². The average molecular weight is 503 g/mol. The highest BCUT2D eigenvalue weighted by Gasteiger charge is 2.52. The Morgan fingerprint density at radius 3 is 1.39 bits per heavy atom. The molecule has 4 atom stereocenters. The van der Waals surface area contributed by atoms with Crippen LogP contribution < -0.4 is 0 Å². The van der Waals surface area contributed by atoms with Crippen LogP contribution in [0, 0.1) is 21.7 Å². The highest BCUT2D eigenvalue weighted by Crippen LogP contribution is 2.53. The summed E-state index contributed by atoms with van der Waals surface area (Å²) in [5.74, 6) is -1.99. The molecule has 2 aliphatic carbocycles. The molecule has 0 N–H and O–H groups in total. The van der Waals surface area contributed by atoms with E-state index in [1.54, 1.807) is 0 Å². The van der Waals surface area contributed by atoms with E-state index in [1.165, 1.54) is 0 Å². The summed E-state index contributed by atoms with van der Waals surface area (Å²) in [5, 5.41) is 0. The molecule has 0 spiro atoms. The largest absolute Gasteiger partial charge is 0.452 e. The number of rotatable bonds is 6. The third-order valence-corrected chi connectivity index (χ3v) is 8.50. The van der Waals surface area contributed by atoms with Crippen LogP contribution in [-0.4, -0.2) is 71.9 Å². The number of carbonyl (C=O) groups excluding carboxylic acids is 4. The van der Waals surface area contributed by atoms with Gasteiger partial charge in [0.05, 0.1) is 0 Å². The molecule has 2 amide bonds. The van der Waals surface area contributed by atoms with Crippen molar-refractivity contribution in [2.45, 2.75) is 92.2 Å². The predicted octanol–water partition coefficient (Wildman–Crippen LogP) is 3.48. The van der Waals surface area contributed by atoms with Gasteiger partial charge in [0.25, 0.3) is 11.8 Å². The molecule has 36 heavy (non-hydrogen) atoms. The highest BCUT2D eigenvalue weighted by atomic mass is 16.5. The SMILES string of the molecule is CC1(C)C[C@H]2C[C@@](C)(CN2C(=O)COC(=O)/C=C/C(=O)OCC(=O)N2C[C@@]3(C)C[C@@H]2CC(C)(C)C3)C1. The maximum atomic E-state index is 12.7. The summed E-state index contributed by atoms with van der Waals surface area (Å²) >= 11 is 0. The van der Waals surface area contributed by atoms with Gasteiger partial charge >= 0.3 is 11.9 Å². The van der Waals surface area contributed by atoms with Gasteiger partial charge in [-0.2, -0.15) is 0 Å². The van der Waals surface area contributed by atoms with Crippen LogP contribution in [0.5, 0.6) is 0 Å². The van der Waals surface area contributed by atoms with Crippen molar-refractivity contribution >= 4 is 23.8 Å². The van der Waals surface area contributed by atoms with E-state index >= 15 is 0 Å². The zero-order valence-corrected chi connectivity index (χ0v) is 22.7. The Labute approximate surface area is 214 Å². The molecular weight excluding hydrogens is 460 g/mol. The van der Waals surface area contributed by atoms with Crippen molar-refractivity contribution in [3.8, 4) is 0 Å². The molecule has 0 unspecified atom stereocenters. The van der Waals surface area contributed by atoms with Crippen molar-refractivity contribution in [2.24, 2.45) is 21.7 Å². The van der Waals surface area contributed by atoms with Gasteiger partial charge in [0.1, 0.15) is 0 Å². The van der Waals surface area contributed by atoms with Crippen molar-refractivity contribution in [2.75, 3.05) is 26.3 Å². The number of hydrogen-bond donors (Lipinski definition) is 0. The third-order valence-electron chi connectivity index (χ3n) is 8.50. The van der Waals surface area contributed by atoms with Crippen LogP contribution >= 0.6 is 0 Å². The normalized spacial score (nSPS) is 34.1. The second-order valence-corrected chi connectivity index (χ2v) is 14.0. The molecule has 0 aromatic carbocycles. The fourth-order valence-corrected chi connectivity index (χ4v) is 8.17. The smallest absolute Gasteiger partial charge is 0.331 e. The van der Waals surface area contributed by atoms with E-state index in [0.29, 0.717) is 13.1 Å². The fourth-order valence-electron chi connectivity index (χ4n) is 8.17. The third kappa shape index (κ3) is 5.94. The van der Waals surface area contributed by atoms with Crippen LogP contribution in [0.4, 0.5) is 0 Å². The van der Waals surface area contributed by atoms with E-state index in [1.807, 2.05) is 9.80 Å². The molecule has 2 saturated heterocycles. The number of esters is 2. The molecule has 8 heteroatoms. The Balaban J connectivity index is 1.19. The number of amides is 2. The van der Waals surface area contributed by atoms with E-state index < -0.39 is 11.9 Å². The summed E-state index contributed by atoms with van der Waals surface area (Å²) in [7, 11) is 0. The van der Waals surface area contributed by atoms with Crippen LogP contribution in [0.3, 0.4) is 0 Å². The highest BCUT2D eigenvalue weighted by molar-refractivity contribution is 5.93. The van der Waals surface area contributed by atoms with Gasteiger partial charge in [-0.25, -0.2) is 9.59 Å². The van der Waals surface area contributed by atoms with Crippen LogP contribution in [0.1, 0.15) is 80.1 Å². The fraction of sp³-hybridized carbons (Fsp3) is 0.786. The molecule has 4 aliphatic rings. The van der Waals surface area contributed by atoms with E-state index in [9.17, 15) is 19.2 Å². The van der Waals surface area contributed by atoms with E-state index in [2.05, 4.69) is 41.5 Å². The Morgan fingerprint density at radius 1 is 0.667 bits per heavy atom. The second-order valence-electron chi connectivity index (χ2n) is 14.0. The summed E-state index contributed by atoms with van der Waals surface area (Å²) < 4.78 is 10.2. The lowest BCUT2D eigenvalue weighted by Crippen LogP contribution is -2.39. The van der Waals surface area contributed by atoms with Crippen molar-refractivity contribution < 1.29 is 28.7 Å². The number of nitrogens with zero attached hydrogens (tertiary/aromatic N) is 2. The van der Waals surface area contributed by atoms with Crippen LogP contribution in [-0.2, 0) is 28.7 Å². The monoisotopic (exact) mass is 502 g/mol. The molecule has 0 radical (unpaired) electrons. The topological polar surface area (TPSA) is 93.2 Å². The first kappa shape index (κ1) is 26.7. The lowest BCUT2D eigenvalue weighted by molar-refractivity contribution is -0.150. The lowest BCUT2D eigenvalue weighted by atomic mass is 9.65. The van der Waals surface area contributed by atoms with Gasteiger partial charge in [0.15, 0.2) is 13.2 Å². The lowest BCUT2D eigenvalue weighted by Gasteiger charge is -2.39. The average Bonchev–Trinajstić information content (AvgIpc) is 3.14. The standard InChI is InChI=1S/C28H42N2O6/c1-25(2)9-19-11-27(5,15-25)17-29(19)21(31)13-35-23(33)7-8-24(34)36-14-22(32)30-18-28(6)12-20(30)10-26(3,4)16-28/h7-8,19-20H,9-18H2,1-6H3/b8-7+/t19-,20-,27-,28+/m0/s1. The van der Waals surface area contributed by atoms with Gasteiger partial charge in [0, 0.05) is 37.3 Å². The molecule has 200 valence electrons. The van der Waals surface area contributed by atoms with E-state index in [4.69, 9.17) is 9.47 Å². The Hall–Kier alpha value is -2.38. The molecule has 2 aliphatic heterocycles. The summed E-state index contributed by atoms with van der Waals surface area (Å²) in [6, 6.07) is 0.355. The maximum Gasteiger partial charge on any atom is 0.331 e. The maximum absolute atomic E-state index is 12.7. The number of carbonyl (C=O) groups is 4. The van der Waals surface area contributed by atoms with E-state index in [0.717, 1.165) is 50.7 Å². The van der Waals surface area contributed by atoms with Crippen molar-refractivity contribution in [1.29, 1.82) is 0 Å². The first-order valence-electron chi connectivity index (χ1n) is 13.2. The minimum absolute atomic E-state index is 0.106. The first-order chi connectivity index (χ1) is 16.6. The number of ether oxygens (including phenoxy) is 2. The van der Waals surface area contributed by atoms with Crippen molar-refractivity contribution in [3.05, 3.63) is 12.2 Å². The Kier molecular flexibility index (Phi) is 6.80. The summed E-state index contributed by atoms with van der Waals surface area (Å²) in [6.07, 6.45) is 7.89. The number of fused-ring (bicyclic) bond motifs is 4. The van der Waals surface area contributed by atoms with Gasteiger partial charge in [-0.3, -0.25) is 9.59 Å². The quantitative estimate of drug-likeness (QED) is 0.408. The first-order valence-corrected chi connectivity index (χ1v) is 13.2. The molecule has 4 fully saturated rings. The molecular formula is C28H42N2O6.